The van der Waals surface area contributed by atoms with E-state index in [0.717, 1.165) is 62.3 Å². The number of aromatic nitrogens is 3. The summed E-state index contributed by atoms with van der Waals surface area (Å²) in [7, 11) is 0. The Balaban J connectivity index is 1.17. The van der Waals surface area contributed by atoms with Crippen LogP contribution in [0.4, 0.5) is 0 Å². The van der Waals surface area contributed by atoms with Crippen LogP contribution >= 0.6 is 0 Å². The average Bonchev–Trinajstić information content (AvgIpc) is 3.54. The number of fused-ring (bicyclic) bond motifs is 2. The first-order valence-corrected chi connectivity index (χ1v) is 13.4. The van der Waals surface area contributed by atoms with Crippen molar-refractivity contribution in [2.24, 2.45) is 0 Å². The Morgan fingerprint density at radius 1 is 0.946 bits per heavy atom. The van der Waals surface area contributed by atoms with Gasteiger partial charge in [0.05, 0.1) is 29.3 Å². The minimum absolute atomic E-state index is 0.166. The summed E-state index contributed by atoms with van der Waals surface area (Å²) in [6.07, 6.45) is 6.87. The number of rotatable bonds is 9. The summed E-state index contributed by atoms with van der Waals surface area (Å²) in [4.78, 5) is 27.2. The number of amides is 1. The first-order valence-electron chi connectivity index (χ1n) is 13.4. The molecule has 2 aromatic carbocycles. The van der Waals surface area contributed by atoms with Crippen molar-refractivity contribution >= 4 is 16.9 Å². The average molecular weight is 495 g/mol. The molecule has 1 aliphatic heterocycles. The Labute approximate surface area is 217 Å². The molecule has 0 radical (unpaired) electrons. The van der Waals surface area contributed by atoms with Gasteiger partial charge in [-0.2, -0.15) is 0 Å². The molecule has 3 heterocycles. The quantitative estimate of drug-likeness (QED) is 0.321. The summed E-state index contributed by atoms with van der Waals surface area (Å²) in [5.74, 6) is 1.16. The van der Waals surface area contributed by atoms with Crippen LogP contribution in [0.1, 0.15) is 59.9 Å². The van der Waals surface area contributed by atoms with Crippen molar-refractivity contribution in [1.82, 2.24) is 30.5 Å². The van der Waals surface area contributed by atoms with E-state index >= 15 is 0 Å². The van der Waals surface area contributed by atoms with Gasteiger partial charge in [0, 0.05) is 38.3 Å². The lowest BCUT2D eigenvalue weighted by molar-refractivity contribution is -0.119. The standard InChI is InChI=1S/C30H34N6O/c37-29-15-14-24(33-29)18-31-17-21-10-12-22(13-11-21)19-36(20-28-34-25-7-1-2-8-26(25)35-28)27-9-3-5-23-6-4-16-32-30(23)27/h1-2,4,6-8,10-13,16,24,27,31H,3,5,9,14-15,17-20H2,(H,33,37)(H,34,35). The summed E-state index contributed by atoms with van der Waals surface area (Å²) in [6.45, 7) is 3.19. The first-order chi connectivity index (χ1) is 18.2. The molecule has 1 amide bonds. The molecule has 1 saturated heterocycles. The molecular formula is C30H34N6O. The molecule has 3 N–H and O–H groups in total. The van der Waals surface area contributed by atoms with Gasteiger partial charge in [0.2, 0.25) is 5.91 Å². The summed E-state index contributed by atoms with van der Waals surface area (Å²) in [5, 5.41) is 6.50. The number of pyridine rings is 1. The van der Waals surface area contributed by atoms with Crippen LogP contribution < -0.4 is 10.6 Å². The lowest BCUT2D eigenvalue weighted by Gasteiger charge is -2.34. The number of H-pyrrole nitrogens is 1. The van der Waals surface area contributed by atoms with Crippen LogP contribution in [0.5, 0.6) is 0 Å². The number of benzene rings is 2. The Kier molecular flexibility index (Phi) is 6.97. The number of aromatic amines is 1. The molecule has 7 heteroatoms. The zero-order valence-electron chi connectivity index (χ0n) is 21.1. The number of hydrogen-bond donors (Lipinski definition) is 3. The molecule has 2 unspecified atom stereocenters. The number of imidazole rings is 1. The van der Waals surface area contributed by atoms with Crippen LogP contribution in [0.25, 0.3) is 11.0 Å². The molecule has 6 rings (SSSR count). The van der Waals surface area contributed by atoms with E-state index in [4.69, 9.17) is 9.97 Å². The molecule has 1 fully saturated rings. The summed E-state index contributed by atoms with van der Waals surface area (Å²) in [5.41, 5.74) is 7.20. The smallest absolute Gasteiger partial charge is 0.220 e. The summed E-state index contributed by atoms with van der Waals surface area (Å²) in [6, 6.07) is 21.9. The SMILES string of the molecule is O=C1CCC(CNCc2ccc(CN(Cc3nc4ccccc4[nH]3)C3CCCc4cccnc43)cc2)N1. The van der Waals surface area contributed by atoms with Crippen molar-refractivity contribution in [2.45, 2.75) is 63.8 Å². The third-order valence-electron chi connectivity index (χ3n) is 7.61. The predicted octanol–water partition coefficient (Wildman–Crippen LogP) is 4.41. The number of hydrogen-bond acceptors (Lipinski definition) is 5. The van der Waals surface area contributed by atoms with Gasteiger partial charge in [-0.05, 0) is 60.6 Å². The van der Waals surface area contributed by atoms with E-state index in [1.807, 2.05) is 18.3 Å². The Hall–Kier alpha value is -3.55. The fourth-order valence-electron chi connectivity index (χ4n) is 5.71. The van der Waals surface area contributed by atoms with Gasteiger partial charge < -0.3 is 15.6 Å². The second-order valence-electron chi connectivity index (χ2n) is 10.3. The lowest BCUT2D eigenvalue weighted by atomic mass is 9.90. The largest absolute Gasteiger partial charge is 0.352 e. The van der Waals surface area contributed by atoms with Crippen LogP contribution in [0.3, 0.4) is 0 Å². The van der Waals surface area contributed by atoms with Crippen molar-refractivity contribution < 1.29 is 4.79 Å². The van der Waals surface area contributed by atoms with Crippen molar-refractivity contribution in [2.75, 3.05) is 6.54 Å². The van der Waals surface area contributed by atoms with Crippen LogP contribution in [0.15, 0.2) is 66.9 Å². The number of nitrogens with one attached hydrogen (secondary N) is 3. The minimum atomic E-state index is 0.166. The zero-order chi connectivity index (χ0) is 25.0. The van der Waals surface area contributed by atoms with Crippen molar-refractivity contribution in [3.8, 4) is 0 Å². The minimum Gasteiger partial charge on any atom is -0.352 e. The second-order valence-corrected chi connectivity index (χ2v) is 10.3. The van der Waals surface area contributed by atoms with Crippen LogP contribution in [-0.2, 0) is 30.8 Å². The van der Waals surface area contributed by atoms with Gasteiger partial charge in [0.25, 0.3) is 0 Å². The summed E-state index contributed by atoms with van der Waals surface area (Å²) >= 11 is 0. The van der Waals surface area contributed by atoms with Gasteiger partial charge in [-0.15, -0.1) is 0 Å². The van der Waals surface area contributed by atoms with Gasteiger partial charge in [-0.3, -0.25) is 14.7 Å². The normalized spacial score (nSPS) is 19.3. The number of aryl methyl sites for hydroxylation is 1. The molecule has 4 aromatic rings. The van der Waals surface area contributed by atoms with Gasteiger partial charge in [-0.1, -0.05) is 42.5 Å². The van der Waals surface area contributed by atoms with Crippen molar-refractivity contribution in [3.63, 3.8) is 0 Å². The zero-order valence-corrected chi connectivity index (χ0v) is 21.1. The monoisotopic (exact) mass is 494 g/mol. The Morgan fingerprint density at radius 2 is 1.81 bits per heavy atom. The molecule has 37 heavy (non-hydrogen) atoms. The van der Waals surface area contributed by atoms with Crippen LogP contribution in [0, 0.1) is 0 Å². The molecule has 7 nitrogen and oxygen atoms in total. The van der Waals surface area contributed by atoms with E-state index in [0.29, 0.717) is 6.42 Å². The third kappa shape index (κ3) is 5.58. The molecule has 0 bridgehead atoms. The van der Waals surface area contributed by atoms with Crippen molar-refractivity contribution in [1.29, 1.82) is 0 Å². The molecular weight excluding hydrogens is 460 g/mol. The van der Waals surface area contributed by atoms with E-state index < -0.39 is 0 Å². The fourth-order valence-corrected chi connectivity index (χ4v) is 5.71. The maximum Gasteiger partial charge on any atom is 0.220 e. The van der Waals surface area contributed by atoms with E-state index in [9.17, 15) is 4.79 Å². The highest BCUT2D eigenvalue weighted by molar-refractivity contribution is 5.78. The first kappa shape index (κ1) is 23.8. The molecule has 2 aromatic heterocycles. The fraction of sp³-hybridized carbons (Fsp3) is 0.367. The van der Waals surface area contributed by atoms with E-state index in [1.165, 1.54) is 28.8 Å². The van der Waals surface area contributed by atoms with Gasteiger partial charge in [0.15, 0.2) is 0 Å². The molecule has 190 valence electrons. The van der Waals surface area contributed by atoms with E-state index in [-0.39, 0.29) is 18.0 Å². The lowest BCUT2D eigenvalue weighted by Crippen LogP contribution is -2.35. The number of carbonyl (C=O) groups is 1. The number of nitrogens with zero attached hydrogens (tertiary/aromatic N) is 3. The molecule has 1 aliphatic carbocycles. The molecule has 0 spiro atoms. The van der Waals surface area contributed by atoms with E-state index in [2.05, 4.69) is 69.0 Å². The number of para-hydroxylation sites is 2. The molecule has 2 atom stereocenters. The Morgan fingerprint density at radius 3 is 2.65 bits per heavy atom. The topological polar surface area (TPSA) is 85.9 Å². The van der Waals surface area contributed by atoms with Crippen LogP contribution in [0.2, 0.25) is 0 Å². The number of carbonyl (C=O) groups excluding carboxylic acids is 1. The molecule has 2 aliphatic rings. The maximum absolute atomic E-state index is 11.4. The van der Waals surface area contributed by atoms with E-state index in [1.54, 1.807) is 0 Å². The molecule has 0 saturated carbocycles. The Bertz CT molecular complexity index is 1330. The van der Waals surface area contributed by atoms with Gasteiger partial charge >= 0.3 is 0 Å². The van der Waals surface area contributed by atoms with Gasteiger partial charge in [-0.25, -0.2) is 4.98 Å². The third-order valence-corrected chi connectivity index (χ3v) is 7.61. The van der Waals surface area contributed by atoms with Crippen molar-refractivity contribution in [3.05, 3.63) is 95.1 Å². The van der Waals surface area contributed by atoms with Gasteiger partial charge in [0.1, 0.15) is 5.82 Å². The highest BCUT2D eigenvalue weighted by Gasteiger charge is 2.28. The highest BCUT2D eigenvalue weighted by Crippen LogP contribution is 2.34. The maximum atomic E-state index is 11.4. The predicted molar refractivity (Wildman–Crippen MR) is 145 cm³/mol. The highest BCUT2D eigenvalue weighted by atomic mass is 16.1. The second kappa shape index (κ2) is 10.8. The van der Waals surface area contributed by atoms with Crippen LogP contribution in [-0.4, -0.2) is 38.3 Å². The summed E-state index contributed by atoms with van der Waals surface area (Å²) < 4.78 is 0.